The highest BCUT2D eigenvalue weighted by Gasteiger charge is 2.23. The Hall–Kier alpha value is -3.56. The smallest absolute Gasteiger partial charge is 0.264 e. The van der Waals surface area contributed by atoms with E-state index in [0.717, 1.165) is 17.8 Å². The molecule has 0 spiro atoms. The van der Waals surface area contributed by atoms with Crippen LogP contribution < -0.4 is 5.32 Å². The number of pyridine rings is 1. The lowest BCUT2D eigenvalue weighted by Gasteiger charge is -2.14. The van der Waals surface area contributed by atoms with Crippen LogP contribution in [-0.2, 0) is 17.9 Å². The van der Waals surface area contributed by atoms with Gasteiger partial charge in [-0.1, -0.05) is 0 Å². The third-order valence-electron chi connectivity index (χ3n) is 5.49. The van der Waals surface area contributed by atoms with Crippen LogP contribution >= 0.6 is 0 Å². The zero-order chi connectivity index (χ0) is 23.0. The zero-order valence-electron chi connectivity index (χ0n) is 18.3. The summed E-state index contributed by atoms with van der Waals surface area (Å²) < 4.78 is 36.2. The Morgan fingerprint density at radius 2 is 2.03 bits per heavy atom. The van der Waals surface area contributed by atoms with Crippen molar-refractivity contribution in [2.45, 2.75) is 53.3 Å². The third kappa shape index (κ3) is 3.88. The van der Waals surface area contributed by atoms with Crippen molar-refractivity contribution in [2.24, 2.45) is 0 Å². The molecule has 32 heavy (non-hydrogen) atoms. The SMILES string of the molecule is CCn1ncc(C(C)NC(=O)Cn2nc(C)c3c(C(F)F)cc(-c4ccco4)nc32)c1C. The number of aryl methyl sites for hydroxylation is 2. The van der Waals surface area contributed by atoms with E-state index in [1.807, 2.05) is 25.5 Å². The van der Waals surface area contributed by atoms with Crippen LogP contribution in [0.25, 0.3) is 22.5 Å². The van der Waals surface area contributed by atoms with E-state index in [2.05, 4.69) is 20.5 Å². The van der Waals surface area contributed by atoms with Crippen LogP contribution in [0.4, 0.5) is 8.78 Å². The van der Waals surface area contributed by atoms with E-state index >= 15 is 0 Å². The van der Waals surface area contributed by atoms with Crippen molar-refractivity contribution in [1.82, 2.24) is 29.9 Å². The average molecular weight is 442 g/mol. The van der Waals surface area contributed by atoms with E-state index in [1.54, 1.807) is 25.3 Å². The Labute approximate surface area is 183 Å². The summed E-state index contributed by atoms with van der Waals surface area (Å²) in [5.41, 5.74) is 2.56. The molecule has 168 valence electrons. The van der Waals surface area contributed by atoms with E-state index in [4.69, 9.17) is 4.42 Å². The number of aromatic nitrogens is 5. The molecular weight excluding hydrogens is 418 g/mol. The average Bonchev–Trinajstić information content (AvgIpc) is 3.47. The summed E-state index contributed by atoms with van der Waals surface area (Å²) in [7, 11) is 0. The molecular formula is C22H24F2N6O2. The van der Waals surface area contributed by atoms with Crippen molar-refractivity contribution >= 4 is 16.9 Å². The number of rotatable bonds is 7. The Morgan fingerprint density at radius 1 is 1.25 bits per heavy atom. The third-order valence-corrected chi connectivity index (χ3v) is 5.49. The first-order valence-electron chi connectivity index (χ1n) is 10.3. The van der Waals surface area contributed by atoms with Crippen molar-refractivity contribution in [1.29, 1.82) is 0 Å². The molecule has 1 amide bonds. The largest absolute Gasteiger partial charge is 0.463 e. The van der Waals surface area contributed by atoms with Gasteiger partial charge in [0.1, 0.15) is 12.2 Å². The second kappa shape index (κ2) is 8.52. The van der Waals surface area contributed by atoms with Gasteiger partial charge in [-0.2, -0.15) is 10.2 Å². The lowest BCUT2D eigenvalue weighted by atomic mass is 10.1. The van der Waals surface area contributed by atoms with Crippen molar-refractivity contribution in [3.05, 3.63) is 53.2 Å². The van der Waals surface area contributed by atoms with Gasteiger partial charge in [0.2, 0.25) is 5.91 Å². The van der Waals surface area contributed by atoms with E-state index in [0.29, 0.717) is 11.5 Å². The molecule has 0 aliphatic rings. The van der Waals surface area contributed by atoms with E-state index in [1.165, 1.54) is 17.0 Å². The second-order valence-electron chi connectivity index (χ2n) is 7.61. The van der Waals surface area contributed by atoms with Gasteiger partial charge in [-0.3, -0.25) is 9.48 Å². The van der Waals surface area contributed by atoms with Gasteiger partial charge in [-0.05, 0) is 45.9 Å². The van der Waals surface area contributed by atoms with Gasteiger partial charge < -0.3 is 9.73 Å². The first kappa shape index (κ1) is 21.7. The molecule has 1 unspecified atom stereocenters. The molecule has 4 aromatic rings. The monoisotopic (exact) mass is 442 g/mol. The predicted octanol–water partition coefficient (Wildman–Crippen LogP) is 4.34. The number of carbonyl (C=O) groups is 1. The lowest BCUT2D eigenvalue weighted by molar-refractivity contribution is -0.122. The summed E-state index contributed by atoms with van der Waals surface area (Å²) in [5.74, 6) is 0.0510. The summed E-state index contributed by atoms with van der Waals surface area (Å²) in [4.78, 5) is 17.3. The second-order valence-corrected chi connectivity index (χ2v) is 7.61. The number of amides is 1. The minimum atomic E-state index is -2.72. The summed E-state index contributed by atoms with van der Waals surface area (Å²) in [6.45, 7) is 8.02. The van der Waals surface area contributed by atoms with Crippen LogP contribution in [0.15, 0.2) is 35.1 Å². The van der Waals surface area contributed by atoms with Crippen molar-refractivity contribution in [2.75, 3.05) is 0 Å². The van der Waals surface area contributed by atoms with Gasteiger partial charge >= 0.3 is 0 Å². The van der Waals surface area contributed by atoms with Crippen molar-refractivity contribution < 1.29 is 18.0 Å². The minimum Gasteiger partial charge on any atom is -0.463 e. The maximum atomic E-state index is 13.8. The number of hydrogen-bond donors (Lipinski definition) is 1. The summed E-state index contributed by atoms with van der Waals surface area (Å²) in [6, 6.07) is 4.34. The number of nitrogens with zero attached hydrogens (tertiary/aromatic N) is 5. The van der Waals surface area contributed by atoms with E-state index < -0.39 is 6.43 Å². The highest BCUT2D eigenvalue weighted by molar-refractivity contribution is 5.86. The van der Waals surface area contributed by atoms with Crippen LogP contribution in [0.2, 0.25) is 0 Å². The zero-order valence-corrected chi connectivity index (χ0v) is 18.3. The molecule has 4 aromatic heterocycles. The molecule has 0 saturated carbocycles. The molecule has 8 nitrogen and oxygen atoms in total. The molecule has 0 aliphatic heterocycles. The molecule has 4 heterocycles. The summed E-state index contributed by atoms with van der Waals surface area (Å²) in [6.07, 6.45) is 0.463. The number of fused-ring (bicyclic) bond motifs is 1. The first-order valence-corrected chi connectivity index (χ1v) is 10.3. The van der Waals surface area contributed by atoms with Crippen molar-refractivity contribution in [3.63, 3.8) is 0 Å². The molecule has 0 radical (unpaired) electrons. The fourth-order valence-corrected chi connectivity index (χ4v) is 3.93. The number of furan rings is 1. The van der Waals surface area contributed by atoms with Gasteiger partial charge in [-0.15, -0.1) is 0 Å². The van der Waals surface area contributed by atoms with Gasteiger partial charge in [0.15, 0.2) is 11.4 Å². The molecule has 0 bridgehead atoms. The first-order chi connectivity index (χ1) is 15.3. The molecule has 0 fully saturated rings. The van der Waals surface area contributed by atoms with Crippen molar-refractivity contribution in [3.8, 4) is 11.5 Å². The standard InChI is InChI=1S/C22H24F2N6O2/c1-5-29-14(4)16(10-25-29)12(2)26-19(31)11-30-22-20(13(3)28-30)15(21(23)24)9-17(27-22)18-7-6-8-32-18/h6-10,12,21H,5,11H2,1-4H3,(H,26,31). The maximum absolute atomic E-state index is 13.8. The van der Waals surface area contributed by atoms with Crippen LogP contribution in [0.3, 0.4) is 0 Å². The van der Waals surface area contributed by atoms with Gasteiger partial charge in [0.25, 0.3) is 6.43 Å². The topological polar surface area (TPSA) is 90.8 Å². The summed E-state index contributed by atoms with van der Waals surface area (Å²) >= 11 is 0. The molecule has 0 saturated heterocycles. The predicted molar refractivity (Wildman–Crippen MR) is 114 cm³/mol. The number of nitrogens with one attached hydrogen (secondary N) is 1. The molecule has 10 heteroatoms. The highest BCUT2D eigenvalue weighted by atomic mass is 19.3. The lowest BCUT2D eigenvalue weighted by Crippen LogP contribution is -2.30. The molecule has 1 atom stereocenters. The Kier molecular flexibility index (Phi) is 5.77. The molecule has 0 aromatic carbocycles. The molecule has 0 aliphatic carbocycles. The number of halogens is 2. The molecule has 4 rings (SSSR count). The molecule has 1 N–H and O–H groups in total. The maximum Gasteiger partial charge on any atom is 0.264 e. The van der Waals surface area contributed by atoms with E-state index in [9.17, 15) is 13.6 Å². The number of hydrogen-bond acceptors (Lipinski definition) is 5. The quantitative estimate of drug-likeness (QED) is 0.460. The number of carbonyl (C=O) groups excluding carboxylic acids is 1. The Balaban J connectivity index is 1.65. The Bertz CT molecular complexity index is 1260. The summed E-state index contributed by atoms with van der Waals surface area (Å²) in [5, 5.41) is 11.8. The van der Waals surface area contributed by atoms with Gasteiger partial charge in [-0.25, -0.2) is 18.4 Å². The van der Waals surface area contributed by atoms with Gasteiger partial charge in [0.05, 0.1) is 29.6 Å². The fourth-order valence-electron chi connectivity index (χ4n) is 3.93. The van der Waals surface area contributed by atoms with Gasteiger partial charge in [0, 0.05) is 23.4 Å². The van der Waals surface area contributed by atoms with Crippen LogP contribution in [0, 0.1) is 13.8 Å². The Morgan fingerprint density at radius 3 is 2.66 bits per heavy atom. The van der Waals surface area contributed by atoms with Crippen LogP contribution in [0.5, 0.6) is 0 Å². The van der Waals surface area contributed by atoms with Crippen LogP contribution in [-0.4, -0.2) is 30.5 Å². The minimum absolute atomic E-state index is 0.160. The highest BCUT2D eigenvalue weighted by Crippen LogP contribution is 2.33. The number of alkyl halides is 2. The van der Waals surface area contributed by atoms with Crippen LogP contribution in [0.1, 0.15) is 48.8 Å². The fraction of sp³-hybridized carbons (Fsp3) is 0.364. The normalized spacial score (nSPS) is 12.6. The van der Waals surface area contributed by atoms with E-state index in [-0.39, 0.29) is 40.8 Å².